The van der Waals surface area contributed by atoms with E-state index in [1.807, 2.05) is 45.0 Å². The summed E-state index contributed by atoms with van der Waals surface area (Å²) in [5.74, 6) is 0.207. The third-order valence-electron chi connectivity index (χ3n) is 7.90. The van der Waals surface area contributed by atoms with Crippen LogP contribution in [0.2, 0.25) is 0 Å². The number of carbonyl (C=O) groups is 2. The van der Waals surface area contributed by atoms with Crippen LogP contribution in [0.4, 0.5) is 4.39 Å². The largest absolute Gasteiger partial charge is 0.496 e. The molecule has 1 aliphatic carbocycles. The van der Waals surface area contributed by atoms with Gasteiger partial charge in [0.15, 0.2) is 5.82 Å². The summed E-state index contributed by atoms with van der Waals surface area (Å²) >= 11 is 0. The molecule has 8 nitrogen and oxygen atoms in total. The number of hydrogen-bond acceptors (Lipinski definition) is 6. The van der Waals surface area contributed by atoms with Crippen LogP contribution in [-0.2, 0) is 12.0 Å². The molecule has 3 aromatic carbocycles. The number of ether oxygens (including phenoxy) is 1. The van der Waals surface area contributed by atoms with Crippen molar-refractivity contribution in [1.29, 1.82) is 0 Å². The number of nitrogens with zero attached hydrogens (tertiary/aromatic N) is 2. The van der Waals surface area contributed by atoms with Gasteiger partial charge in [0.25, 0.3) is 11.8 Å². The van der Waals surface area contributed by atoms with Gasteiger partial charge in [0.05, 0.1) is 18.2 Å². The van der Waals surface area contributed by atoms with E-state index < -0.39 is 11.4 Å². The number of methoxy groups -OCH3 is 1. The Balaban J connectivity index is 1.37. The molecule has 43 heavy (non-hydrogen) atoms. The molecule has 0 aliphatic heterocycles. The average Bonchev–Trinajstić information content (AvgIpc) is 3.65. The molecule has 0 atom stereocenters. The van der Waals surface area contributed by atoms with Crippen LogP contribution in [0.5, 0.6) is 5.75 Å². The molecule has 2 aromatic heterocycles. The fourth-order valence-corrected chi connectivity index (χ4v) is 5.59. The number of primary amides is 1. The summed E-state index contributed by atoms with van der Waals surface area (Å²) in [6.45, 7) is 5.76. The molecule has 0 spiro atoms. The Hall–Kier alpha value is -5.05. The summed E-state index contributed by atoms with van der Waals surface area (Å²) in [6.07, 6.45) is 1.77. The first-order valence-corrected chi connectivity index (χ1v) is 14.0. The first kappa shape index (κ1) is 28.1. The van der Waals surface area contributed by atoms with Crippen LogP contribution < -0.4 is 15.8 Å². The van der Waals surface area contributed by atoms with Crippen LogP contribution in [0.25, 0.3) is 22.1 Å². The molecule has 0 unspecified atom stereocenters. The minimum atomic E-state index is -0.622. The quantitative estimate of drug-likeness (QED) is 0.231. The maximum atomic E-state index is 13.7. The van der Waals surface area contributed by atoms with Gasteiger partial charge in [-0.2, -0.15) is 0 Å². The number of benzene rings is 3. The summed E-state index contributed by atoms with van der Waals surface area (Å²) in [5, 5.41) is 3.73. The number of fused-ring (bicyclic) bond motifs is 1. The minimum Gasteiger partial charge on any atom is -0.496 e. The van der Waals surface area contributed by atoms with E-state index in [0.29, 0.717) is 33.9 Å². The number of aromatic nitrogens is 2. The lowest BCUT2D eigenvalue weighted by atomic mass is 9.95. The van der Waals surface area contributed by atoms with Crippen LogP contribution in [0.3, 0.4) is 0 Å². The lowest BCUT2D eigenvalue weighted by Gasteiger charge is -2.19. The average molecular weight is 579 g/mol. The van der Waals surface area contributed by atoms with E-state index in [9.17, 15) is 14.0 Å². The summed E-state index contributed by atoms with van der Waals surface area (Å²) in [7, 11) is 1.53. The van der Waals surface area contributed by atoms with E-state index in [-0.39, 0.29) is 23.7 Å². The van der Waals surface area contributed by atoms with Crippen LogP contribution in [0.15, 0.2) is 65.1 Å². The Morgan fingerprint density at radius 3 is 2.33 bits per heavy atom. The fraction of sp³-hybridized carbons (Fsp3) is 0.235. The highest BCUT2D eigenvalue weighted by molar-refractivity contribution is 6.08. The molecule has 6 rings (SSSR count). The molecule has 1 fully saturated rings. The monoisotopic (exact) mass is 578 g/mol. The first-order valence-electron chi connectivity index (χ1n) is 14.0. The van der Waals surface area contributed by atoms with E-state index in [0.717, 1.165) is 46.5 Å². The van der Waals surface area contributed by atoms with Gasteiger partial charge < -0.3 is 20.2 Å². The number of hydrogen-bond donors (Lipinski definition) is 2. The number of amides is 2. The second-order valence-corrected chi connectivity index (χ2v) is 11.2. The number of nitrogens with one attached hydrogen (secondary N) is 1. The van der Waals surface area contributed by atoms with Gasteiger partial charge >= 0.3 is 0 Å². The Labute approximate surface area is 248 Å². The Bertz CT molecular complexity index is 1890. The topological polar surface area (TPSA) is 120 Å². The normalized spacial score (nSPS) is 13.6. The third kappa shape index (κ3) is 5.34. The number of rotatable bonds is 8. The van der Waals surface area contributed by atoms with Crippen LogP contribution in [0, 0.1) is 26.6 Å². The van der Waals surface area contributed by atoms with Gasteiger partial charge in [-0.15, -0.1) is 0 Å². The highest BCUT2D eigenvalue weighted by Crippen LogP contribution is 2.45. The zero-order valence-corrected chi connectivity index (χ0v) is 24.4. The van der Waals surface area contributed by atoms with Crippen molar-refractivity contribution in [2.24, 2.45) is 5.73 Å². The van der Waals surface area contributed by atoms with E-state index >= 15 is 0 Å². The Morgan fingerprint density at radius 1 is 1.00 bits per heavy atom. The van der Waals surface area contributed by atoms with Crippen molar-refractivity contribution in [2.45, 2.75) is 45.6 Å². The smallest absolute Gasteiger partial charge is 0.255 e. The molecular formula is C34H31FN4O4. The first-order chi connectivity index (χ1) is 20.6. The van der Waals surface area contributed by atoms with E-state index in [1.54, 1.807) is 24.3 Å². The van der Waals surface area contributed by atoms with Gasteiger partial charge in [-0.05, 0) is 98.3 Å². The highest BCUT2D eigenvalue weighted by atomic mass is 19.1. The molecule has 0 saturated heterocycles. The zero-order chi connectivity index (χ0) is 30.5. The third-order valence-corrected chi connectivity index (χ3v) is 7.90. The van der Waals surface area contributed by atoms with Gasteiger partial charge in [0.2, 0.25) is 0 Å². The molecule has 0 bridgehead atoms. The van der Waals surface area contributed by atoms with Gasteiger partial charge in [-0.3, -0.25) is 9.59 Å². The summed E-state index contributed by atoms with van der Waals surface area (Å²) in [4.78, 5) is 35.5. The molecule has 2 heterocycles. The van der Waals surface area contributed by atoms with Crippen LogP contribution in [-0.4, -0.2) is 28.9 Å². The predicted molar refractivity (Wildman–Crippen MR) is 161 cm³/mol. The maximum absolute atomic E-state index is 13.7. The number of furan rings is 1. The minimum absolute atomic E-state index is 0.273. The van der Waals surface area contributed by atoms with Gasteiger partial charge in [-0.25, -0.2) is 14.4 Å². The molecular weight excluding hydrogens is 547 g/mol. The number of aryl methyl sites for hydroxylation is 3. The zero-order valence-electron chi connectivity index (χ0n) is 24.4. The summed E-state index contributed by atoms with van der Waals surface area (Å²) < 4.78 is 25.1. The lowest BCUT2D eigenvalue weighted by Crippen LogP contribution is -2.36. The van der Waals surface area contributed by atoms with Gasteiger partial charge in [-0.1, -0.05) is 18.2 Å². The summed E-state index contributed by atoms with van der Waals surface area (Å²) in [5.41, 5.74) is 11.3. The van der Waals surface area contributed by atoms with Crippen LogP contribution >= 0.6 is 0 Å². The lowest BCUT2D eigenvalue weighted by molar-refractivity contribution is 0.0924. The van der Waals surface area contributed by atoms with E-state index in [2.05, 4.69) is 15.3 Å². The van der Waals surface area contributed by atoms with Gasteiger partial charge in [0, 0.05) is 23.2 Å². The van der Waals surface area contributed by atoms with Crippen molar-refractivity contribution in [3.63, 3.8) is 0 Å². The standard InChI is InChI=1S/C34H31FN4O4/c1-18-13-28(42-4)26(32(41)39-34(11-12-34)33-37-19(2)14-20(3)38-33)17-24(18)22-7-10-27-25(16-22)30(31(36)40)29(43-27)15-21-5-8-23(35)9-6-21/h5-10,13-14,16-17H,11-12,15H2,1-4H3,(H2,36,40)(H,39,41). The van der Waals surface area contributed by atoms with Crippen molar-refractivity contribution in [1.82, 2.24) is 15.3 Å². The van der Waals surface area contributed by atoms with Crippen molar-refractivity contribution < 1.29 is 23.1 Å². The number of halogens is 1. The molecule has 2 amide bonds. The maximum Gasteiger partial charge on any atom is 0.255 e. The number of carbonyl (C=O) groups excluding carboxylic acids is 2. The Kier molecular flexibility index (Phi) is 6.96. The van der Waals surface area contributed by atoms with Gasteiger partial charge in [0.1, 0.15) is 28.4 Å². The fourth-order valence-electron chi connectivity index (χ4n) is 5.59. The van der Waals surface area contributed by atoms with E-state index in [4.69, 9.17) is 14.9 Å². The molecule has 1 aliphatic rings. The second-order valence-electron chi connectivity index (χ2n) is 11.2. The van der Waals surface area contributed by atoms with Crippen molar-refractivity contribution >= 4 is 22.8 Å². The molecule has 3 N–H and O–H groups in total. The molecule has 218 valence electrons. The number of nitrogens with two attached hydrogens (primary N) is 1. The SMILES string of the molecule is COc1cc(C)c(-c2ccc3oc(Cc4ccc(F)cc4)c(C(N)=O)c3c2)cc1C(=O)NC1(c2nc(C)cc(C)n2)CC1. The van der Waals surface area contributed by atoms with Crippen molar-refractivity contribution in [3.8, 4) is 16.9 Å². The predicted octanol–water partition coefficient (Wildman–Crippen LogP) is 6.07. The second kappa shape index (κ2) is 10.7. The molecule has 0 radical (unpaired) electrons. The molecule has 5 aromatic rings. The summed E-state index contributed by atoms with van der Waals surface area (Å²) in [6, 6.07) is 17.0. The van der Waals surface area contributed by atoms with Crippen LogP contribution in [0.1, 0.15) is 67.7 Å². The highest BCUT2D eigenvalue weighted by Gasteiger charge is 2.49. The van der Waals surface area contributed by atoms with E-state index in [1.165, 1.54) is 19.2 Å². The Morgan fingerprint density at radius 2 is 1.70 bits per heavy atom. The molecule has 9 heteroatoms. The van der Waals surface area contributed by atoms with Crippen molar-refractivity contribution in [3.05, 3.63) is 112 Å². The van der Waals surface area contributed by atoms with Crippen molar-refractivity contribution in [2.75, 3.05) is 7.11 Å². The molecule has 1 saturated carbocycles.